The minimum atomic E-state index is -1.44. The van der Waals surface area contributed by atoms with Gasteiger partial charge in [0.15, 0.2) is 0 Å². The number of rotatable bonds is 7. The van der Waals surface area contributed by atoms with Gasteiger partial charge in [-0.05, 0) is 62.4 Å². The van der Waals surface area contributed by atoms with Gasteiger partial charge in [-0.1, -0.05) is 26.3 Å². The first kappa shape index (κ1) is 25.0. The molecule has 0 amide bonds. The number of halogens is 1. The molecule has 2 saturated carbocycles. The number of allylic oxidation sites excluding steroid dienone is 1. The summed E-state index contributed by atoms with van der Waals surface area (Å²) in [5.74, 6) is -1.07. The minimum Gasteiger partial charge on any atom is -0.461 e. The van der Waals surface area contributed by atoms with Crippen molar-refractivity contribution < 1.29 is 29.0 Å². The first-order chi connectivity index (χ1) is 15.0. The number of aliphatic hydroxyl groups is 1. The Hall–Kier alpha value is -1.66. The molecule has 1 N–H and O–H groups in total. The van der Waals surface area contributed by atoms with E-state index in [-0.39, 0.29) is 41.5 Å². The molecule has 0 spiro atoms. The second-order valence-corrected chi connectivity index (χ2v) is 10.3. The van der Waals surface area contributed by atoms with Crippen LogP contribution in [0.1, 0.15) is 66.2 Å². The van der Waals surface area contributed by atoms with E-state index in [2.05, 4.69) is 13.8 Å². The average molecular weight is 467 g/mol. The van der Waals surface area contributed by atoms with Crippen LogP contribution in [0.3, 0.4) is 0 Å². The summed E-state index contributed by atoms with van der Waals surface area (Å²) in [6, 6.07) is 0. The molecule has 7 heteroatoms. The molecule has 3 aliphatic rings. The fourth-order valence-electron chi connectivity index (χ4n) is 6.10. The summed E-state index contributed by atoms with van der Waals surface area (Å²) >= 11 is 6.31. The van der Waals surface area contributed by atoms with Crippen LogP contribution in [0.15, 0.2) is 23.3 Å². The summed E-state index contributed by atoms with van der Waals surface area (Å²) in [5.41, 5.74) is -1.58. The molecule has 5 atom stereocenters. The van der Waals surface area contributed by atoms with Crippen molar-refractivity contribution in [3.63, 3.8) is 0 Å². The van der Waals surface area contributed by atoms with Gasteiger partial charge in [0.2, 0.25) is 0 Å². The highest BCUT2D eigenvalue weighted by Gasteiger charge is 2.68. The SMILES string of the molecule is C/C=C(\C)C(=O)OC[C@@]12C(=O)C[C@@H](C)[C@](C)(CCC3=CC(=O)OC3)[C@H]1CCC[C@]2(O)CCl. The monoisotopic (exact) mass is 466 g/mol. The fourth-order valence-corrected chi connectivity index (χ4v) is 6.47. The molecule has 0 aromatic rings. The van der Waals surface area contributed by atoms with Crippen molar-refractivity contribution in [1.82, 2.24) is 0 Å². The smallest absolute Gasteiger partial charge is 0.333 e. The van der Waals surface area contributed by atoms with Crippen molar-refractivity contribution in [1.29, 1.82) is 0 Å². The Labute approximate surface area is 195 Å². The highest BCUT2D eigenvalue weighted by Crippen LogP contribution is 2.63. The molecule has 0 unspecified atom stereocenters. The van der Waals surface area contributed by atoms with Crippen LogP contribution in [-0.2, 0) is 23.9 Å². The van der Waals surface area contributed by atoms with Crippen molar-refractivity contribution in [3.05, 3.63) is 23.3 Å². The maximum absolute atomic E-state index is 13.7. The number of alkyl halides is 1. The van der Waals surface area contributed by atoms with Gasteiger partial charge >= 0.3 is 11.9 Å². The van der Waals surface area contributed by atoms with Gasteiger partial charge in [-0.3, -0.25) is 4.79 Å². The van der Waals surface area contributed by atoms with Gasteiger partial charge in [-0.25, -0.2) is 9.59 Å². The fraction of sp³-hybridized carbons (Fsp3) is 0.720. The molecule has 1 aliphatic heterocycles. The number of carbonyl (C=O) groups is 3. The topological polar surface area (TPSA) is 89.9 Å². The number of hydrogen-bond acceptors (Lipinski definition) is 6. The normalized spacial score (nSPS) is 37.6. The largest absolute Gasteiger partial charge is 0.461 e. The van der Waals surface area contributed by atoms with Gasteiger partial charge in [0.05, 0.1) is 16.9 Å². The molecular weight excluding hydrogens is 432 g/mol. The number of esters is 2. The maximum atomic E-state index is 13.7. The van der Waals surface area contributed by atoms with Crippen LogP contribution in [0, 0.1) is 22.7 Å². The van der Waals surface area contributed by atoms with Crippen molar-refractivity contribution in [2.24, 2.45) is 22.7 Å². The Morgan fingerprint density at radius 3 is 2.72 bits per heavy atom. The van der Waals surface area contributed by atoms with E-state index >= 15 is 0 Å². The summed E-state index contributed by atoms with van der Waals surface area (Å²) in [7, 11) is 0. The van der Waals surface area contributed by atoms with Crippen LogP contribution in [0.25, 0.3) is 0 Å². The van der Waals surface area contributed by atoms with Crippen LogP contribution in [0.2, 0.25) is 0 Å². The van der Waals surface area contributed by atoms with E-state index in [4.69, 9.17) is 21.1 Å². The summed E-state index contributed by atoms with van der Waals surface area (Å²) in [6.45, 7) is 7.81. The number of carbonyl (C=O) groups excluding carboxylic acids is 3. The quantitative estimate of drug-likeness (QED) is 0.344. The molecule has 2 fully saturated rings. The van der Waals surface area contributed by atoms with Crippen LogP contribution >= 0.6 is 11.6 Å². The number of ketones is 1. The molecule has 0 bridgehead atoms. The van der Waals surface area contributed by atoms with E-state index in [9.17, 15) is 19.5 Å². The Morgan fingerprint density at radius 2 is 2.12 bits per heavy atom. The van der Waals surface area contributed by atoms with Crippen LogP contribution in [0.5, 0.6) is 0 Å². The predicted molar refractivity (Wildman–Crippen MR) is 121 cm³/mol. The van der Waals surface area contributed by atoms with Crippen molar-refractivity contribution in [2.45, 2.75) is 71.8 Å². The van der Waals surface area contributed by atoms with E-state index in [1.807, 2.05) is 0 Å². The van der Waals surface area contributed by atoms with Crippen molar-refractivity contribution in [3.8, 4) is 0 Å². The first-order valence-electron chi connectivity index (χ1n) is 11.5. The van der Waals surface area contributed by atoms with Crippen molar-refractivity contribution >= 4 is 29.3 Å². The third-order valence-electron chi connectivity index (χ3n) is 8.53. The highest BCUT2D eigenvalue weighted by molar-refractivity contribution is 6.19. The second kappa shape index (κ2) is 9.30. The summed E-state index contributed by atoms with van der Waals surface area (Å²) in [6.07, 6.45) is 6.84. The number of ether oxygens (including phenoxy) is 2. The zero-order chi connectivity index (χ0) is 23.7. The second-order valence-electron chi connectivity index (χ2n) is 10.1. The lowest BCUT2D eigenvalue weighted by Crippen LogP contribution is -2.69. The predicted octanol–water partition coefficient (Wildman–Crippen LogP) is 4.13. The molecule has 0 saturated heterocycles. The van der Waals surface area contributed by atoms with Gasteiger partial charge in [-0.2, -0.15) is 0 Å². The van der Waals surface area contributed by atoms with Gasteiger partial charge in [0, 0.05) is 18.1 Å². The van der Waals surface area contributed by atoms with E-state index < -0.39 is 17.0 Å². The zero-order valence-electron chi connectivity index (χ0n) is 19.5. The van der Waals surface area contributed by atoms with E-state index in [0.717, 1.165) is 24.8 Å². The lowest BCUT2D eigenvalue weighted by molar-refractivity contribution is -0.213. The van der Waals surface area contributed by atoms with Gasteiger partial charge in [0.1, 0.15) is 19.0 Å². The molecule has 2 aliphatic carbocycles. The Balaban J connectivity index is 1.99. The Morgan fingerprint density at radius 1 is 1.41 bits per heavy atom. The summed E-state index contributed by atoms with van der Waals surface area (Å²) in [4.78, 5) is 37.6. The number of cyclic esters (lactones) is 1. The van der Waals surface area contributed by atoms with Gasteiger partial charge in [-0.15, -0.1) is 11.6 Å². The molecule has 6 nitrogen and oxygen atoms in total. The molecule has 178 valence electrons. The number of fused-ring (bicyclic) bond motifs is 1. The summed E-state index contributed by atoms with van der Waals surface area (Å²) < 4.78 is 10.7. The molecule has 0 aromatic carbocycles. The number of Topliss-reactive ketones (excluding diaryl/α,β-unsaturated/α-hetero) is 1. The van der Waals surface area contributed by atoms with Crippen molar-refractivity contribution in [2.75, 3.05) is 19.1 Å². The van der Waals surface area contributed by atoms with Gasteiger partial charge in [0.25, 0.3) is 0 Å². The number of hydrogen-bond donors (Lipinski definition) is 1. The molecule has 3 rings (SSSR count). The van der Waals surface area contributed by atoms with E-state index in [1.54, 1.807) is 26.0 Å². The highest BCUT2D eigenvalue weighted by atomic mass is 35.5. The standard InChI is InChI=1S/C25H35ClO6/c1-5-16(2)22(29)32-15-25-19(7-6-9-24(25,30)14-26)23(4,17(3)11-20(25)27)10-8-18-12-21(28)31-13-18/h5,12,17,19,30H,6-11,13-15H2,1-4H3/b16-5+/t17-,19-,23+,24+,25+/m1/s1. The maximum Gasteiger partial charge on any atom is 0.333 e. The van der Waals surface area contributed by atoms with Gasteiger partial charge < -0.3 is 14.6 Å². The molecule has 1 heterocycles. The first-order valence-corrected chi connectivity index (χ1v) is 12.1. The van der Waals surface area contributed by atoms with Crippen LogP contribution in [-0.4, -0.2) is 47.5 Å². The summed E-state index contributed by atoms with van der Waals surface area (Å²) in [5, 5.41) is 11.7. The lowest BCUT2D eigenvalue weighted by atomic mass is 9.42. The minimum absolute atomic E-state index is 0.0696. The lowest BCUT2D eigenvalue weighted by Gasteiger charge is -2.62. The van der Waals surface area contributed by atoms with E-state index in [1.165, 1.54) is 0 Å². The zero-order valence-corrected chi connectivity index (χ0v) is 20.3. The average Bonchev–Trinajstić information content (AvgIpc) is 3.19. The third kappa shape index (κ3) is 4.05. The third-order valence-corrected chi connectivity index (χ3v) is 8.98. The van der Waals surface area contributed by atoms with E-state index in [0.29, 0.717) is 31.4 Å². The Bertz CT molecular complexity index is 847. The molecular formula is C25H35ClO6. The molecule has 0 radical (unpaired) electrons. The Kier molecular flexibility index (Phi) is 7.26. The molecule has 0 aromatic heterocycles. The van der Waals surface area contributed by atoms with Crippen LogP contribution in [0.4, 0.5) is 0 Å². The van der Waals surface area contributed by atoms with Crippen LogP contribution < -0.4 is 0 Å². The molecule has 32 heavy (non-hydrogen) atoms.